The molecule has 1 aromatic rings. The Bertz CT molecular complexity index is 611. The largest absolute Gasteiger partial charge is 0.393 e. The number of benzene rings is 1. The third kappa shape index (κ3) is 7.69. The van der Waals surface area contributed by atoms with Gasteiger partial charge in [-0.3, -0.25) is 4.79 Å². The van der Waals surface area contributed by atoms with Crippen molar-refractivity contribution in [2.24, 2.45) is 17.6 Å². The molecule has 4 atom stereocenters. The van der Waals surface area contributed by atoms with Crippen LogP contribution in [-0.2, 0) is 11.2 Å². The summed E-state index contributed by atoms with van der Waals surface area (Å²) >= 11 is 0. The molecule has 4 heteroatoms. The molecule has 0 spiro atoms. The number of aliphatic hydroxyl groups excluding tert-OH is 2. The maximum absolute atomic E-state index is 10.7. The third-order valence-corrected chi connectivity index (χ3v) is 5.32. The van der Waals surface area contributed by atoms with Gasteiger partial charge in [0.25, 0.3) is 0 Å². The molecule has 2 rings (SSSR count). The molecule has 0 unspecified atom stereocenters. The van der Waals surface area contributed by atoms with Crippen LogP contribution >= 0.6 is 0 Å². The number of nitrogens with two attached hydrogens (primary N) is 1. The smallest absolute Gasteiger partial charge is 0.217 e. The van der Waals surface area contributed by atoms with Gasteiger partial charge in [0.1, 0.15) is 0 Å². The van der Waals surface area contributed by atoms with Crippen LogP contribution in [0.15, 0.2) is 54.6 Å². The van der Waals surface area contributed by atoms with Crippen LogP contribution in [-0.4, -0.2) is 28.3 Å². The SMILES string of the molecule is NC(=O)CCC/C=C\C[C@@H]1[C@@H](/C=C/CCCc2ccccc2)[C@H](O)C[C@@H]1O. The van der Waals surface area contributed by atoms with Crippen molar-refractivity contribution < 1.29 is 15.0 Å². The van der Waals surface area contributed by atoms with E-state index in [4.69, 9.17) is 5.73 Å². The van der Waals surface area contributed by atoms with Gasteiger partial charge in [-0.05, 0) is 50.0 Å². The van der Waals surface area contributed by atoms with Gasteiger partial charge in [-0.1, -0.05) is 54.6 Å². The van der Waals surface area contributed by atoms with Gasteiger partial charge < -0.3 is 15.9 Å². The van der Waals surface area contributed by atoms with Gasteiger partial charge in [0.2, 0.25) is 5.91 Å². The van der Waals surface area contributed by atoms with Crippen LogP contribution in [0.3, 0.4) is 0 Å². The van der Waals surface area contributed by atoms with Crippen molar-refractivity contribution in [2.45, 2.75) is 63.6 Å². The Kier molecular flexibility index (Phi) is 9.29. The highest BCUT2D eigenvalue weighted by atomic mass is 16.3. The number of rotatable bonds is 11. The molecule has 4 N–H and O–H groups in total. The topological polar surface area (TPSA) is 83.6 Å². The van der Waals surface area contributed by atoms with Crippen molar-refractivity contribution in [3.05, 3.63) is 60.2 Å². The van der Waals surface area contributed by atoms with Crippen LogP contribution in [0.5, 0.6) is 0 Å². The average molecular weight is 372 g/mol. The van der Waals surface area contributed by atoms with Crippen LogP contribution in [0.25, 0.3) is 0 Å². The van der Waals surface area contributed by atoms with E-state index in [1.165, 1.54) is 5.56 Å². The Morgan fingerprint density at radius 2 is 1.78 bits per heavy atom. The fourth-order valence-corrected chi connectivity index (χ4v) is 3.79. The lowest BCUT2D eigenvalue weighted by molar-refractivity contribution is -0.118. The molecule has 0 radical (unpaired) electrons. The minimum absolute atomic E-state index is 0.00648. The number of hydrogen-bond acceptors (Lipinski definition) is 3. The molecule has 1 aromatic carbocycles. The predicted octanol–water partition coefficient (Wildman–Crippen LogP) is 3.53. The normalized spacial score (nSPS) is 25.6. The number of amides is 1. The lowest BCUT2D eigenvalue weighted by atomic mass is 9.89. The van der Waals surface area contributed by atoms with Crippen LogP contribution in [0, 0.1) is 11.8 Å². The molecule has 27 heavy (non-hydrogen) atoms. The molecule has 1 amide bonds. The Hall–Kier alpha value is -1.91. The van der Waals surface area contributed by atoms with E-state index < -0.39 is 12.2 Å². The second-order valence-corrected chi connectivity index (χ2v) is 7.48. The molecule has 1 aliphatic carbocycles. The fourth-order valence-electron chi connectivity index (χ4n) is 3.79. The van der Waals surface area contributed by atoms with E-state index in [0.717, 1.165) is 38.5 Å². The van der Waals surface area contributed by atoms with Crippen molar-refractivity contribution in [1.82, 2.24) is 0 Å². The number of unbranched alkanes of at least 4 members (excludes halogenated alkanes) is 2. The summed E-state index contributed by atoms with van der Waals surface area (Å²) in [7, 11) is 0. The van der Waals surface area contributed by atoms with E-state index in [1.807, 2.05) is 12.1 Å². The van der Waals surface area contributed by atoms with Crippen LogP contribution in [0.1, 0.15) is 50.5 Å². The summed E-state index contributed by atoms with van der Waals surface area (Å²) in [6, 6.07) is 10.4. The zero-order valence-electron chi connectivity index (χ0n) is 16.0. The monoisotopic (exact) mass is 371 g/mol. The van der Waals surface area contributed by atoms with Crippen molar-refractivity contribution in [3.8, 4) is 0 Å². The summed E-state index contributed by atoms with van der Waals surface area (Å²) in [5.41, 5.74) is 6.48. The number of carbonyl (C=O) groups excluding carboxylic acids is 1. The zero-order chi connectivity index (χ0) is 19.5. The van der Waals surface area contributed by atoms with Crippen molar-refractivity contribution in [2.75, 3.05) is 0 Å². The van der Waals surface area contributed by atoms with Crippen LogP contribution in [0.4, 0.5) is 0 Å². The minimum Gasteiger partial charge on any atom is -0.393 e. The van der Waals surface area contributed by atoms with Gasteiger partial charge in [0.15, 0.2) is 0 Å². The molecule has 0 bridgehead atoms. The zero-order valence-corrected chi connectivity index (χ0v) is 16.0. The number of aliphatic hydroxyl groups is 2. The third-order valence-electron chi connectivity index (χ3n) is 5.32. The molecule has 4 nitrogen and oxygen atoms in total. The van der Waals surface area contributed by atoms with Gasteiger partial charge in [-0.15, -0.1) is 0 Å². The summed E-state index contributed by atoms with van der Waals surface area (Å²) in [5, 5.41) is 20.5. The maximum Gasteiger partial charge on any atom is 0.217 e. The van der Waals surface area contributed by atoms with Gasteiger partial charge in [-0.25, -0.2) is 0 Å². The van der Waals surface area contributed by atoms with Gasteiger partial charge >= 0.3 is 0 Å². The first kappa shape index (κ1) is 21.4. The summed E-state index contributed by atoms with van der Waals surface area (Å²) in [5.74, 6) is -0.208. The van der Waals surface area contributed by atoms with Crippen molar-refractivity contribution >= 4 is 5.91 Å². The quantitative estimate of drug-likeness (QED) is 0.411. The van der Waals surface area contributed by atoms with E-state index in [1.54, 1.807) is 0 Å². The number of aryl methyl sites for hydroxylation is 1. The number of carbonyl (C=O) groups is 1. The first-order valence-electron chi connectivity index (χ1n) is 10.1. The van der Waals surface area contributed by atoms with E-state index in [0.29, 0.717) is 12.8 Å². The Balaban J connectivity index is 1.75. The second kappa shape index (κ2) is 11.7. The highest BCUT2D eigenvalue weighted by Crippen LogP contribution is 2.36. The standard InChI is InChI=1S/C23H33NO3/c24-23(27)16-10-2-1-8-14-19-20(22(26)17-21(19)25)15-9-4-7-13-18-11-5-3-6-12-18/h1,3,5-6,8-9,11-12,15,19-22,25-26H,2,4,7,10,13-14,16-17H2,(H2,24,27)/b8-1-,15-9+/t19-,20-,21+,22-/m1/s1. The average Bonchev–Trinajstić information content (AvgIpc) is 2.91. The molecule has 148 valence electrons. The summed E-state index contributed by atoms with van der Waals surface area (Å²) in [4.78, 5) is 10.7. The molecule has 0 aliphatic heterocycles. The molecule has 0 heterocycles. The lowest BCUT2D eigenvalue weighted by Gasteiger charge is -2.19. The number of allylic oxidation sites excluding steroid dienone is 3. The van der Waals surface area contributed by atoms with Gasteiger partial charge in [0, 0.05) is 18.8 Å². The summed E-state index contributed by atoms with van der Waals surface area (Å²) < 4.78 is 0. The molecule has 0 aromatic heterocycles. The highest BCUT2D eigenvalue weighted by molar-refractivity contribution is 5.73. The Morgan fingerprint density at radius 3 is 2.52 bits per heavy atom. The van der Waals surface area contributed by atoms with Crippen molar-refractivity contribution in [3.63, 3.8) is 0 Å². The Morgan fingerprint density at radius 1 is 1.04 bits per heavy atom. The first-order valence-corrected chi connectivity index (χ1v) is 10.1. The number of hydrogen-bond donors (Lipinski definition) is 3. The number of primary amides is 1. The van der Waals surface area contributed by atoms with Crippen LogP contribution in [0.2, 0.25) is 0 Å². The fraction of sp³-hybridized carbons (Fsp3) is 0.522. The maximum atomic E-state index is 10.7. The predicted molar refractivity (Wildman–Crippen MR) is 109 cm³/mol. The second-order valence-electron chi connectivity index (χ2n) is 7.48. The van der Waals surface area contributed by atoms with Crippen LogP contribution < -0.4 is 5.73 Å². The van der Waals surface area contributed by atoms with Gasteiger partial charge in [0.05, 0.1) is 12.2 Å². The molecule has 1 aliphatic rings. The van der Waals surface area contributed by atoms with E-state index in [9.17, 15) is 15.0 Å². The molecular formula is C23H33NO3. The molecule has 1 fully saturated rings. The lowest BCUT2D eigenvalue weighted by Crippen LogP contribution is -2.19. The molecular weight excluding hydrogens is 338 g/mol. The van der Waals surface area contributed by atoms with Crippen molar-refractivity contribution in [1.29, 1.82) is 0 Å². The van der Waals surface area contributed by atoms with E-state index >= 15 is 0 Å². The van der Waals surface area contributed by atoms with Gasteiger partial charge in [-0.2, -0.15) is 0 Å². The highest BCUT2D eigenvalue weighted by Gasteiger charge is 2.39. The summed E-state index contributed by atoms with van der Waals surface area (Å²) in [6.45, 7) is 0. The van der Waals surface area contributed by atoms with E-state index in [-0.39, 0.29) is 17.7 Å². The Labute approximate surface area is 162 Å². The summed E-state index contributed by atoms with van der Waals surface area (Å²) in [6.07, 6.45) is 13.7. The van der Waals surface area contributed by atoms with E-state index in [2.05, 4.69) is 42.5 Å². The first-order chi connectivity index (χ1) is 13.1. The molecule has 0 saturated heterocycles. The minimum atomic E-state index is -0.473. The molecule has 1 saturated carbocycles.